The van der Waals surface area contributed by atoms with Crippen LogP contribution in [0.5, 0.6) is 5.88 Å². The topological polar surface area (TPSA) is 57.7 Å². The number of aromatic nitrogens is 1. The summed E-state index contributed by atoms with van der Waals surface area (Å²) in [5.41, 5.74) is 3.67. The van der Waals surface area contributed by atoms with Crippen LogP contribution in [0.3, 0.4) is 0 Å². The van der Waals surface area contributed by atoms with Crippen LogP contribution in [0.1, 0.15) is 49.8 Å². The Hall–Kier alpha value is -2.76. The van der Waals surface area contributed by atoms with Gasteiger partial charge in [0.15, 0.2) is 0 Å². The summed E-state index contributed by atoms with van der Waals surface area (Å²) in [6, 6.07) is 12.7. The first-order valence-corrected chi connectivity index (χ1v) is 10.4. The van der Waals surface area contributed by atoms with Crippen LogP contribution in [0.15, 0.2) is 42.6 Å². The number of hydrogen-bond acceptors (Lipinski definition) is 4. The summed E-state index contributed by atoms with van der Waals surface area (Å²) >= 11 is 0. The number of urea groups is 1. The van der Waals surface area contributed by atoms with E-state index in [1.807, 2.05) is 26.1 Å². The van der Waals surface area contributed by atoms with Crippen LogP contribution in [0, 0.1) is 0 Å². The Bertz CT molecular complexity index is 782. The number of anilines is 1. The molecule has 1 aromatic carbocycles. The van der Waals surface area contributed by atoms with E-state index >= 15 is 0 Å². The Balaban J connectivity index is 1.54. The molecule has 6 heteroatoms. The molecule has 2 heterocycles. The van der Waals surface area contributed by atoms with Gasteiger partial charge in [0.2, 0.25) is 5.88 Å². The molecule has 156 valence electrons. The van der Waals surface area contributed by atoms with E-state index in [0.29, 0.717) is 18.4 Å². The third-order valence-electron chi connectivity index (χ3n) is 5.53. The van der Waals surface area contributed by atoms with E-state index in [-0.39, 0.29) is 12.1 Å². The number of hydrogen-bond donors (Lipinski definition) is 1. The molecule has 1 N–H and O–H groups in total. The lowest BCUT2D eigenvalue weighted by Crippen LogP contribution is -2.36. The maximum absolute atomic E-state index is 11.8. The molecule has 0 unspecified atom stereocenters. The van der Waals surface area contributed by atoms with Crippen LogP contribution in [0.25, 0.3) is 0 Å². The molecule has 0 aliphatic carbocycles. The van der Waals surface area contributed by atoms with Crippen molar-refractivity contribution in [3.63, 3.8) is 0 Å². The van der Waals surface area contributed by atoms with Gasteiger partial charge in [-0.25, -0.2) is 9.78 Å². The molecule has 0 radical (unpaired) electrons. The highest BCUT2D eigenvalue weighted by molar-refractivity contribution is 5.74. The van der Waals surface area contributed by atoms with Gasteiger partial charge in [0.05, 0.1) is 24.5 Å². The molecule has 29 heavy (non-hydrogen) atoms. The summed E-state index contributed by atoms with van der Waals surface area (Å²) in [7, 11) is 3.50. The van der Waals surface area contributed by atoms with Crippen LogP contribution in [0.2, 0.25) is 0 Å². The summed E-state index contributed by atoms with van der Waals surface area (Å²) in [6.07, 6.45) is 4.16. The number of nitrogens with zero attached hydrogens (tertiary/aromatic N) is 3. The Labute approximate surface area is 173 Å². The van der Waals surface area contributed by atoms with Gasteiger partial charge in [-0.3, -0.25) is 0 Å². The van der Waals surface area contributed by atoms with Crippen molar-refractivity contribution < 1.29 is 9.53 Å². The molecule has 6 nitrogen and oxygen atoms in total. The van der Waals surface area contributed by atoms with E-state index in [1.165, 1.54) is 5.56 Å². The van der Waals surface area contributed by atoms with Crippen LogP contribution in [-0.2, 0) is 0 Å². The average molecular weight is 397 g/mol. The van der Waals surface area contributed by atoms with Crippen molar-refractivity contribution >= 4 is 11.7 Å². The minimum Gasteiger partial charge on any atom is -0.478 e. The second-order valence-corrected chi connectivity index (χ2v) is 7.78. The number of piperidine rings is 1. The van der Waals surface area contributed by atoms with Crippen molar-refractivity contribution in [1.29, 1.82) is 0 Å². The van der Waals surface area contributed by atoms with Crippen LogP contribution in [0.4, 0.5) is 10.5 Å². The lowest BCUT2D eigenvalue weighted by Gasteiger charge is -2.33. The zero-order chi connectivity index (χ0) is 20.8. The number of nitrogens with one attached hydrogen (secondary N) is 1. The SMILES string of the molecule is CCOc1ccc(N2CCC(c3ccc([C@H](C)NC(=O)N(C)C)cc3)CC2)cn1. The first-order chi connectivity index (χ1) is 14.0. The van der Waals surface area contributed by atoms with E-state index in [4.69, 9.17) is 4.74 Å². The Morgan fingerprint density at radius 3 is 2.45 bits per heavy atom. The third-order valence-corrected chi connectivity index (χ3v) is 5.53. The molecule has 1 atom stereocenters. The van der Waals surface area contributed by atoms with E-state index in [1.54, 1.807) is 19.0 Å². The van der Waals surface area contributed by atoms with E-state index in [2.05, 4.69) is 45.5 Å². The molecular weight excluding hydrogens is 364 g/mol. The molecular formula is C23H32N4O2. The highest BCUT2D eigenvalue weighted by Crippen LogP contribution is 2.31. The fourth-order valence-corrected chi connectivity index (χ4v) is 3.72. The van der Waals surface area contributed by atoms with Gasteiger partial charge in [0.25, 0.3) is 0 Å². The molecule has 0 bridgehead atoms. The van der Waals surface area contributed by atoms with Gasteiger partial charge >= 0.3 is 6.03 Å². The van der Waals surface area contributed by atoms with Crippen molar-refractivity contribution in [3.05, 3.63) is 53.7 Å². The fraction of sp³-hybridized carbons (Fsp3) is 0.478. The Morgan fingerprint density at radius 2 is 1.90 bits per heavy atom. The molecule has 2 aromatic rings. The molecule has 2 amide bonds. The predicted molar refractivity (Wildman–Crippen MR) is 117 cm³/mol. The minimum atomic E-state index is -0.0715. The van der Waals surface area contributed by atoms with Crippen molar-refractivity contribution in [3.8, 4) is 5.88 Å². The summed E-state index contributed by atoms with van der Waals surface area (Å²) in [5.74, 6) is 1.25. The number of carbonyl (C=O) groups is 1. The lowest BCUT2D eigenvalue weighted by atomic mass is 9.88. The Kier molecular flexibility index (Phi) is 6.96. The molecule has 1 aromatic heterocycles. The highest BCUT2D eigenvalue weighted by atomic mass is 16.5. The highest BCUT2D eigenvalue weighted by Gasteiger charge is 2.21. The average Bonchev–Trinajstić information content (AvgIpc) is 2.74. The van der Waals surface area contributed by atoms with Gasteiger partial charge in [-0.15, -0.1) is 0 Å². The molecule has 1 aliphatic heterocycles. The summed E-state index contributed by atoms with van der Waals surface area (Å²) < 4.78 is 5.43. The molecule has 1 saturated heterocycles. The minimum absolute atomic E-state index is 0.00652. The maximum Gasteiger partial charge on any atom is 0.317 e. The van der Waals surface area contributed by atoms with Crippen molar-refractivity contribution in [2.45, 2.75) is 38.6 Å². The molecule has 0 saturated carbocycles. The monoisotopic (exact) mass is 396 g/mol. The smallest absolute Gasteiger partial charge is 0.317 e. The molecule has 1 fully saturated rings. The first kappa shape index (κ1) is 21.0. The van der Waals surface area contributed by atoms with E-state index in [9.17, 15) is 4.79 Å². The summed E-state index contributed by atoms with van der Waals surface area (Å²) in [5, 5.41) is 3.00. The van der Waals surface area contributed by atoms with Crippen molar-refractivity contribution in [1.82, 2.24) is 15.2 Å². The molecule has 0 spiro atoms. The lowest BCUT2D eigenvalue weighted by molar-refractivity contribution is 0.214. The van der Waals surface area contributed by atoms with Gasteiger partial charge in [0, 0.05) is 33.3 Å². The standard InChI is InChI=1S/C23H32N4O2/c1-5-29-22-11-10-21(16-24-22)27-14-12-20(13-15-27)19-8-6-18(7-9-19)17(2)25-23(28)26(3)4/h6-11,16-17,20H,5,12-15H2,1-4H3,(H,25,28)/t17-/m0/s1. The first-order valence-electron chi connectivity index (χ1n) is 10.4. The summed E-state index contributed by atoms with van der Waals surface area (Å²) in [6.45, 7) is 6.67. The van der Waals surface area contributed by atoms with Gasteiger partial charge in [0.1, 0.15) is 0 Å². The number of amides is 2. The number of rotatable bonds is 6. The quantitative estimate of drug-likeness (QED) is 0.795. The Morgan fingerprint density at radius 1 is 1.21 bits per heavy atom. The largest absolute Gasteiger partial charge is 0.478 e. The van der Waals surface area contributed by atoms with Gasteiger partial charge in [-0.1, -0.05) is 24.3 Å². The van der Waals surface area contributed by atoms with Crippen LogP contribution >= 0.6 is 0 Å². The van der Waals surface area contributed by atoms with Crippen molar-refractivity contribution in [2.75, 3.05) is 38.7 Å². The second kappa shape index (κ2) is 9.63. The maximum atomic E-state index is 11.8. The van der Waals surface area contributed by atoms with Crippen LogP contribution < -0.4 is 15.0 Å². The normalized spacial score (nSPS) is 15.7. The van der Waals surface area contributed by atoms with Crippen LogP contribution in [-0.4, -0.2) is 49.7 Å². The molecule has 1 aliphatic rings. The zero-order valence-electron chi connectivity index (χ0n) is 17.9. The number of ether oxygens (including phenoxy) is 1. The molecule has 3 rings (SSSR count). The number of benzene rings is 1. The predicted octanol–water partition coefficient (Wildman–Crippen LogP) is 4.20. The zero-order valence-corrected chi connectivity index (χ0v) is 17.9. The van der Waals surface area contributed by atoms with Gasteiger partial charge in [-0.05, 0) is 49.8 Å². The fourth-order valence-electron chi connectivity index (χ4n) is 3.72. The third kappa shape index (κ3) is 5.40. The number of carbonyl (C=O) groups excluding carboxylic acids is 1. The van der Waals surface area contributed by atoms with Gasteiger partial charge < -0.3 is 19.9 Å². The van der Waals surface area contributed by atoms with Crippen molar-refractivity contribution in [2.24, 2.45) is 0 Å². The number of pyridine rings is 1. The summed E-state index contributed by atoms with van der Waals surface area (Å²) in [4.78, 5) is 20.2. The van der Waals surface area contributed by atoms with E-state index < -0.39 is 0 Å². The van der Waals surface area contributed by atoms with E-state index in [0.717, 1.165) is 37.2 Å². The second-order valence-electron chi connectivity index (χ2n) is 7.78. The van der Waals surface area contributed by atoms with Gasteiger partial charge in [-0.2, -0.15) is 0 Å².